The highest BCUT2D eigenvalue weighted by atomic mass is 16.5. The van der Waals surface area contributed by atoms with Gasteiger partial charge in [0.1, 0.15) is 0 Å². The Bertz CT molecular complexity index is 456. The van der Waals surface area contributed by atoms with Crippen LogP contribution in [0.1, 0.15) is 43.5 Å². The number of anilines is 1. The zero-order chi connectivity index (χ0) is 15.2. The highest BCUT2D eigenvalue weighted by molar-refractivity contribution is 5.89. The minimum atomic E-state index is -0.261. The molecule has 1 N–H and O–H groups in total. The predicted molar refractivity (Wildman–Crippen MR) is 85.8 cm³/mol. The Hall–Kier alpha value is -1.55. The van der Waals surface area contributed by atoms with Gasteiger partial charge in [0.25, 0.3) is 0 Å². The molecule has 1 saturated heterocycles. The molecule has 0 spiro atoms. The SMILES string of the molecule is CC(C)OC(=O)c1ccc(NCC2CCCCN2C)cc1. The Kier molecular flexibility index (Phi) is 5.62. The molecule has 0 aromatic heterocycles. The minimum Gasteiger partial charge on any atom is -0.459 e. The number of benzene rings is 1. The summed E-state index contributed by atoms with van der Waals surface area (Å²) in [6.07, 6.45) is 3.79. The first-order chi connectivity index (χ1) is 10.1. The van der Waals surface area contributed by atoms with Crippen LogP contribution in [0.25, 0.3) is 0 Å². The van der Waals surface area contributed by atoms with Crippen LogP contribution >= 0.6 is 0 Å². The van der Waals surface area contributed by atoms with E-state index in [2.05, 4.69) is 17.3 Å². The van der Waals surface area contributed by atoms with Gasteiger partial charge in [0.15, 0.2) is 0 Å². The summed E-state index contributed by atoms with van der Waals surface area (Å²) >= 11 is 0. The van der Waals surface area contributed by atoms with E-state index in [1.165, 1.54) is 25.8 Å². The topological polar surface area (TPSA) is 41.6 Å². The molecule has 1 unspecified atom stereocenters. The van der Waals surface area contributed by atoms with Gasteiger partial charge in [0, 0.05) is 18.3 Å². The molecule has 1 aromatic rings. The Labute approximate surface area is 127 Å². The maximum Gasteiger partial charge on any atom is 0.338 e. The average molecular weight is 290 g/mol. The van der Waals surface area contributed by atoms with Gasteiger partial charge >= 0.3 is 5.97 Å². The number of nitrogens with zero attached hydrogens (tertiary/aromatic N) is 1. The molecule has 0 saturated carbocycles. The number of carbonyl (C=O) groups is 1. The highest BCUT2D eigenvalue weighted by Crippen LogP contribution is 2.17. The Morgan fingerprint density at radius 2 is 2.05 bits per heavy atom. The second-order valence-electron chi connectivity index (χ2n) is 6.04. The zero-order valence-electron chi connectivity index (χ0n) is 13.3. The lowest BCUT2D eigenvalue weighted by atomic mass is 10.0. The Balaban J connectivity index is 1.86. The first-order valence-electron chi connectivity index (χ1n) is 7.81. The summed E-state index contributed by atoms with van der Waals surface area (Å²) < 4.78 is 5.18. The van der Waals surface area contributed by atoms with Crippen LogP contribution in [0.2, 0.25) is 0 Å². The monoisotopic (exact) mass is 290 g/mol. The highest BCUT2D eigenvalue weighted by Gasteiger charge is 2.18. The largest absolute Gasteiger partial charge is 0.459 e. The predicted octanol–water partition coefficient (Wildman–Crippen LogP) is 3.15. The van der Waals surface area contributed by atoms with E-state index in [1.807, 2.05) is 38.1 Å². The normalized spacial score (nSPS) is 19.5. The molecule has 1 aromatic carbocycles. The van der Waals surface area contributed by atoms with Gasteiger partial charge in [0.2, 0.25) is 0 Å². The summed E-state index contributed by atoms with van der Waals surface area (Å²) in [6, 6.07) is 8.12. The fourth-order valence-corrected chi connectivity index (χ4v) is 2.64. The molecule has 0 amide bonds. The van der Waals surface area contributed by atoms with E-state index >= 15 is 0 Å². The summed E-state index contributed by atoms with van der Waals surface area (Å²) in [7, 11) is 2.19. The molecular weight excluding hydrogens is 264 g/mol. The molecule has 4 heteroatoms. The number of nitrogens with one attached hydrogen (secondary N) is 1. The van der Waals surface area contributed by atoms with Gasteiger partial charge in [-0.15, -0.1) is 0 Å². The third kappa shape index (κ3) is 4.74. The smallest absolute Gasteiger partial charge is 0.338 e. The summed E-state index contributed by atoms with van der Waals surface area (Å²) in [5, 5.41) is 3.46. The molecule has 1 fully saturated rings. The van der Waals surface area contributed by atoms with Crippen molar-refractivity contribution in [1.29, 1.82) is 0 Å². The first kappa shape index (κ1) is 15.8. The second-order valence-corrected chi connectivity index (χ2v) is 6.04. The average Bonchev–Trinajstić information content (AvgIpc) is 2.46. The van der Waals surface area contributed by atoms with Crippen LogP contribution in [0.4, 0.5) is 5.69 Å². The molecule has 1 heterocycles. The number of ether oxygens (including phenoxy) is 1. The van der Waals surface area contributed by atoms with E-state index < -0.39 is 0 Å². The molecule has 0 aliphatic carbocycles. The molecular formula is C17H26N2O2. The van der Waals surface area contributed by atoms with E-state index in [4.69, 9.17) is 4.74 Å². The maximum atomic E-state index is 11.8. The number of likely N-dealkylation sites (tertiary alicyclic amines) is 1. The van der Waals surface area contributed by atoms with Crippen LogP contribution in [0.15, 0.2) is 24.3 Å². The van der Waals surface area contributed by atoms with Crippen molar-refractivity contribution < 1.29 is 9.53 Å². The minimum absolute atomic E-state index is 0.0860. The molecule has 21 heavy (non-hydrogen) atoms. The fraction of sp³-hybridized carbons (Fsp3) is 0.588. The van der Waals surface area contributed by atoms with Crippen molar-refractivity contribution in [2.75, 3.05) is 25.5 Å². The molecule has 0 bridgehead atoms. The third-order valence-corrected chi connectivity index (χ3v) is 3.93. The van der Waals surface area contributed by atoms with Crippen molar-refractivity contribution in [2.24, 2.45) is 0 Å². The number of likely N-dealkylation sites (N-methyl/N-ethyl adjacent to an activating group) is 1. The summed E-state index contributed by atoms with van der Waals surface area (Å²) in [5.41, 5.74) is 1.65. The van der Waals surface area contributed by atoms with Crippen molar-refractivity contribution in [3.63, 3.8) is 0 Å². The molecule has 0 radical (unpaired) electrons. The number of hydrogen-bond donors (Lipinski definition) is 1. The molecule has 1 atom stereocenters. The lowest BCUT2D eigenvalue weighted by Gasteiger charge is -2.32. The van der Waals surface area contributed by atoms with E-state index in [0.29, 0.717) is 11.6 Å². The van der Waals surface area contributed by atoms with Gasteiger partial charge in [-0.3, -0.25) is 0 Å². The standard InChI is InChI=1S/C17H26N2O2/c1-13(2)21-17(20)14-7-9-15(10-8-14)18-12-16-6-4-5-11-19(16)3/h7-10,13,16,18H,4-6,11-12H2,1-3H3. The lowest BCUT2D eigenvalue weighted by molar-refractivity contribution is 0.0378. The number of hydrogen-bond acceptors (Lipinski definition) is 4. The summed E-state index contributed by atoms with van der Waals surface area (Å²) in [6.45, 7) is 5.85. The number of carbonyl (C=O) groups excluding carboxylic acids is 1. The molecule has 1 aliphatic rings. The van der Waals surface area contributed by atoms with Crippen molar-refractivity contribution in [1.82, 2.24) is 4.90 Å². The van der Waals surface area contributed by atoms with Gasteiger partial charge in [-0.25, -0.2) is 4.79 Å². The van der Waals surface area contributed by atoms with E-state index in [1.54, 1.807) is 0 Å². The number of esters is 1. The van der Waals surface area contributed by atoms with E-state index in [9.17, 15) is 4.79 Å². The van der Waals surface area contributed by atoms with Crippen molar-refractivity contribution in [3.05, 3.63) is 29.8 Å². The van der Waals surface area contributed by atoms with Crippen LogP contribution in [0, 0.1) is 0 Å². The quantitative estimate of drug-likeness (QED) is 0.846. The summed E-state index contributed by atoms with van der Waals surface area (Å²) in [5.74, 6) is -0.261. The van der Waals surface area contributed by atoms with Crippen molar-refractivity contribution >= 4 is 11.7 Å². The third-order valence-electron chi connectivity index (χ3n) is 3.93. The fourth-order valence-electron chi connectivity index (χ4n) is 2.64. The van der Waals surface area contributed by atoms with Crippen molar-refractivity contribution in [3.8, 4) is 0 Å². The molecule has 4 nitrogen and oxygen atoms in total. The van der Waals surface area contributed by atoms with Crippen molar-refractivity contribution in [2.45, 2.75) is 45.3 Å². The summed E-state index contributed by atoms with van der Waals surface area (Å²) in [4.78, 5) is 14.2. The van der Waals surface area contributed by atoms with E-state index in [-0.39, 0.29) is 12.1 Å². The molecule has 116 valence electrons. The Morgan fingerprint density at radius 3 is 2.67 bits per heavy atom. The lowest BCUT2D eigenvalue weighted by Crippen LogP contribution is -2.40. The van der Waals surface area contributed by atoms with Crippen LogP contribution < -0.4 is 5.32 Å². The molecule has 2 rings (SSSR count). The molecule has 1 aliphatic heterocycles. The van der Waals surface area contributed by atoms with Gasteiger partial charge in [-0.1, -0.05) is 6.42 Å². The van der Waals surface area contributed by atoms with Crippen LogP contribution in [0.3, 0.4) is 0 Å². The Morgan fingerprint density at radius 1 is 1.33 bits per heavy atom. The van der Waals surface area contributed by atoms with Gasteiger partial charge in [0.05, 0.1) is 11.7 Å². The maximum absolute atomic E-state index is 11.8. The second kappa shape index (κ2) is 7.46. The van der Waals surface area contributed by atoms with Crippen LogP contribution in [0.5, 0.6) is 0 Å². The van der Waals surface area contributed by atoms with E-state index in [0.717, 1.165) is 12.2 Å². The zero-order valence-corrected chi connectivity index (χ0v) is 13.3. The number of piperidine rings is 1. The van der Waals surface area contributed by atoms with Crippen LogP contribution in [-0.4, -0.2) is 43.2 Å². The van der Waals surface area contributed by atoms with Crippen LogP contribution in [-0.2, 0) is 4.74 Å². The number of rotatable bonds is 5. The van der Waals surface area contributed by atoms with Gasteiger partial charge < -0.3 is 15.0 Å². The first-order valence-corrected chi connectivity index (χ1v) is 7.81. The van der Waals surface area contributed by atoms with Gasteiger partial charge in [-0.05, 0) is 64.5 Å². The van der Waals surface area contributed by atoms with Gasteiger partial charge in [-0.2, -0.15) is 0 Å².